The first-order chi connectivity index (χ1) is 4.29. The van der Waals surface area contributed by atoms with Crippen LogP contribution in [0.25, 0.3) is 0 Å². The standard InChI is InChI=1S/C5H4O4.K.Na.H2O.2H/c6-5(7)9-4-2-1-3-8-4;;;;;/h1-3H,(H,6,7);;;1H2;;. The van der Waals surface area contributed by atoms with Gasteiger partial charge in [-0.15, -0.1) is 0 Å². The summed E-state index contributed by atoms with van der Waals surface area (Å²) in [5, 5.41) is 8.00. The Balaban J connectivity index is -0.000000270. The van der Waals surface area contributed by atoms with Gasteiger partial charge in [0.25, 0.3) is 5.95 Å². The molecule has 0 atom stereocenters. The van der Waals surface area contributed by atoms with Gasteiger partial charge in [0.1, 0.15) is 0 Å². The van der Waals surface area contributed by atoms with Crippen molar-refractivity contribution in [3.8, 4) is 5.95 Å². The maximum absolute atomic E-state index is 9.78. The van der Waals surface area contributed by atoms with Crippen molar-refractivity contribution in [3.63, 3.8) is 0 Å². The molecule has 0 radical (unpaired) electrons. The zero-order valence-corrected chi connectivity index (χ0v) is 4.90. The van der Waals surface area contributed by atoms with Crippen LogP contribution in [-0.4, -0.2) is 97.7 Å². The normalized spacial score (nSPS) is 6.67. The van der Waals surface area contributed by atoms with Crippen LogP contribution in [-0.2, 0) is 0 Å². The van der Waals surface area contributed by atoms with E-state index in [1.165, 1.54) is 18.4 Å². The molecule has 3 N–H and O–H groups in total. The van der Waals surface area contributed by atoms with Gasteiger partial charge in [-0.05, 0) is 6.07 Å². The Bertz CT molecular complexity index is 200. The second-order valence-electron chi connectivity index (χ2n) is 1.30. The Morgan fingerprint density at radius 3 is 2.50 bits per heavy atom. The summed E-state index contributed by atoms with van der Waals surface area (Å²) in [4.78, 5) is 9.78. The average Bonchev–Trinajstić information content (AvgIpc) is 2.15. The molecule has 0 aliphatic rings. The molecule has 0 unspecified atom stereocenters. The zero-order valence-electron chi connectivity index (χ0n) is 4.90. The van der Waals surface area contributed by atoms with E-state index in [9.17, 15) is 4.79 Å². The van der Waals surface area contributed by atoms with Crippen LogP contribution in [0.4, 0.5) is 4.79 Å². The SMILES string of the molecule is O.O=C(O)Oc1ccco1.[KH].[NaH]. The Labute approximate surface area is 133 Å². The van der Waals surface area contributed by atoms with Crippen molar-refractivity contribution in [1.29, 1.82) is 0 Å². The molecule has 0 saturated carbocycles. The Morgan fingerprint density at radius 2 is 2.17 bits per heavy atom. The molecule has 12 heavy (non-hydrogen) atoms. The van der Waals surface area contributed by atoms with E-state index in [-0.39, 0.29) is 92.4 Å². The van der Waals surface area contributed by atoms with Crippen LogP contribution < -0.4 is 4.74 Å². The third-order valence-electron chi connectivity index (χ3n) is 0.683. The van der Waals surface area contributed by atoms with Gasteiger partial charge in [-0.1, -0.05) is 0 Å². The van der Waals surface area contributed by atoms with Crippen molar-refractivity contribution in [2.24, 2.45) is 0 Å². The van der Waals surface area contributed by atoms with E-state index in [0.717, 1.165) is 0 Å². The molecule has 0 aliphatic heterocycles. The van der Waals surface area contributed by atoms with Crippen LogP contribution in [0.15, 0.2) is 22.8 Å². The first-order valence-corrected chi connectivity index (χ1v) is 2.23. The van der Waals surface area contributed by atoms with Crippen LogP contribution in [0.1, 0.15) is 0 Å². The molecule has 0 fully saturated rings. The van der Waals surface area contributed by atoms with E-state index in [1.54, 1.807) is 0 Å². The van der Waals surface area contributed by atoms with E-state index in [4.69, 9.17) is 5.11 Å². The number of carboxylic acid groups (broad SMARTS) is 1. The Kier molecular flexibility index (Phi) is 16.1. The molecule has 7 heteroatoms. The van der Waals surface area contributed by atoms with Crippen LogP contribution in [0.5, 0.6) is 5.95 Å². The molecule has 0 spiro atoms. The minimum absolute atomic E-state index is 0. The number of carbonyl (C=O) groups is 1. The first-order valence-electron chi connectivity index (χ1n) is 2.23. The summed E-state index contributed by atoms with van der Waals surface area (Å²) < 4.78 is 8.65. The van der Waals surface area contributed by atoms with Gasteiger partial charge < -0.3 is 19.7 Å². The molecule has 0 aromatic carbocycles. The Morgan fingerprint density at radius 1 is 1.58 bits per heavy atom. The van der Waals surface area contributed by atoms with Crippen molar-refractivity contribution >= 4 is 87.1 Å². The third-order valence-corrected chi connectivity index (χ3v) is 0.683. The Hall–Kier alpha value is 1.15. The second kappa shape index (κ2) is 10.2. The fraction of sp³-hybridized carbons (Fsp3) is 0. The molecule has 1 rings (SSSR count). The van der Waals surface area contributed by atoms with Gasteiger partial charge in [-0.3, -0.25) is 0 Å². The summed E-state index contributed by atoms with van der Waals surface area (Å²) in [5.41, 5.74) is 0. The van der Waals surface area contributed by atoms with Gasteiger partial charge in [0, 0.05) is 6.07 Å². The molecule has 1 aromatic rings. The van der Waals surface area contributed by atoms with Crippen molar-refractivity contribution < 1.29 is 24.5 Å². The molecule has 1 heterocycles. The van der Waals surface area contributed by atoms with Crippen molar-refractivity contribution in [3.05, 3.63) is 18.4 Å². The average molecular weight is 210 g/mol. The van der Waals surface area contributed by atoms with E-state index >= 15 is 0 Å². The monoisotopic (exact) mass is 210 g/mol. The molecule has 0 saturated heterocycles. The molecule has 60 valence electrons. The zero-order chi connectivity index (χ0) is 6.69. The predicted octanol–water partition coefficient (Wildman–Crippen LogP) is -0.785. The number of hydrogen-bond donors (Lipinski definition) is 1. The summed E-state index contributed by atoms with van der Waals surface area (Å²) in [6.45, 7) is 0. The summed E-state index contributed by atoms with van der Waals surface area (Å²) in [6.07, 6.45) is -0.0388. The van der Waals surface area contributed by atoms with Gasteiger partial charge in [0.05, 0.1) is 6.26 Å². The molecular formula is C5H8KNaO5. The van der Waals surface area contributed by atoms with Crippen LogP contribution >= 0.6 is 0 Å². The van der Waals surface area contributed by atoms with E-state index in [1.807, 2.05) is 0 Å². The first kappa shape index (κ1) is 18.8. The van der Waals surface area contributed by atoms with Gasteiger partial charge in [-0.2, -0.15) is 0 Å². The number of hydrogen-bond acceptors (Lipinski definition) is 3. The van der Waals surface area contributed by atoms with Crippen molar-refractivity contribution in [2.75, 3.05) is 0 Å². The molecule has 0 aliphatic carbocycles. The third kappa shape index (κ3) is 7.78. The number of ether oxygens (including phenoxy) is 1. The molecular weight excluding hydrogens is 202 g/mol. The van der Waals surface area contributed by atoms with Crippen LogP contribution in [0.2, 0.25) is 0 Å². The fourth-order valence-corrected chi connectivity index (χ4v) is 0.408. The summed E-state index contributed by atoms with van der Waals surface area (Å²) in [6, 6.07) is 2.95. The van der Waals surface area contributed by atoms with E-state index in [2.05, 4.69) is 9.15 Å². The summed E-state index contributed by atoms with van der Waals surface area (Å²) >= 11 is 0. The summed E-state index contributed by atoms with van der Waals surface area (Å²) in [7, 11) is 0. The minimum atomic E-state index is -1.37. The molecule has 5 nitrogen and oxygen atoms in total. The number of rotatable bonds is 1. The summed E-state index contributed by atoms with van der Waals surface area (Å²) in [5.74, 6) is -0.0116. The molecule has 1 aromatic heterocycles. The fourth-order valence-electron chi connectivity index (χ4n) is 0.408. The molecule has 0 amide bonds. The van der Waals surface area contributed by atoms with Crippen LogP contribution in [0.3, 0.4) is 0 Å². The second-order valence-corrected chi connectivity index (χ2v) is 1.30. The maximum atomic E-state index is 9.78. The van der Waals surface area contributed by atoms with E-state index in [0.29, 0.717) is 0 Å². The van der Waals surface area contributed by atoms with Gasteiger partial charge in [0.2, 0.25) is 0 Å². The molecule has 0 bridgehead atoms. The topological polar surface area (TPSA) is 91.2 Å². The van der Waals surface area contributed by atoms with Crippen molar-refractivity contribution in [2.45, 2.75) is 0 Å². The predicted molar refractivity (Wildman–Crippen MR) is 45.3 cm³/mol. The van der Waals surface area contributed by atoms with Gasteiger partial charge >= 0.3 is 87.1 Å². The van der Waals surface area contributed by atoms with Crippen LogP contribution in [0, 0.1) is 0 Å². The van der Waals surface area contributed by atoms with E-state index < -0.39 is 6.16 Å². The van der Waals surface area contributed by atoms with Gasteiger partial charge in [0.15, 0.2) is 0 Å². The van der Waals surface area contributed by atoms with Crippen molar-refractivity contribution in [1.82, 2.24) is 0 Å². The quantitative estimate of drug-likeness (QED) is 0.486. The number of furan rings is 1. The van der Waals surface area contributed by atoms with Gasteiger partial charge in [-0.25, -0.2) is 4.79 Å².